The minimum Gasteiger partial charge on any atom is -0.497 e. The summed E-state index contributed by atoms with van der Waals surface area (Å²) in [5.41, 5.74) is 3.15. The molecule has 0 aliphatic carbocycles. The van der Waals surface area contributed by atoms with Crippen LogP contribution in [-0.2, 0) is 17.8 Å². The molecular formula is C28H31FO3. The van der Waals surface area contributed by atoms with Crippen molar-refractivity contribution >= 4 is 0 Å². The first-order valence-corrected chi connectivity index (χ1v) is 10.8. The van der Waals surface area contributed by atoms with Crippen LogP contribution in [0.15, 0.2) is 85.5 Å². The maximum atomic E-state index is 13.4. The minimum atomic E-state index is -0.271. The zero-order chi connectivity index (χ0) is 22.9. The number of aryl methyl sites for hydroxylation is 1. The van der Waals surface area contributed by atoms with Gasteiger partial charge in [0.2, 0.25) is 0 Å². The average Bonchev–Trinajstić information content (AvgIpc) is 2.82. The summed E-state index contributed by atoms with van der Waals surface area (Å²) in [6, 6.07) is 22.4. The predicted molar refractivity (Wildman–Crippen MR) is 127 cm³/mol. The molecule has 4 heteroatoms. The molecule has 0 aromatic heterocycles. The molecule has 3 atom stereocenters. The fourth-order valence-electron chi connectivity index (χ4n) is 3.66. The Balaban J connectivity index is 1.78. The summed E-state index contributed by atoms with van der Waals surface area (Å²) in [4.78, 5) is 0. The number of methoxy groups -OCH3 is 1. The van der Waals surface area contributed by atoms with Gasteiger partial charge in [0.05, 0.1) is 19.8 Å². The lowest BCUT2D eigenvalue weighted by molar-refractivity contribution is -0.0161. The Labute approximate surface area is 190 Å². The lowest BCUT2D eigenvalue weighted by atomic mass is 9.89. The fraction of sp³-hybridized carbons (Fsp3) is 0.286. The molecule has 0 aliphatic rings. The van der Waals surface area contributed by atoms with Gasteiger partial charge in [0.15, 0.2) is 0 Å². The highest BCUT2D eigenvalue weighted by Crippen LogP contribution is 2.27. The van der Waals surface area contributed by atoms with E-state index in [1.807, 2.05) is 73.7 Å². The van der Waals surface area contributed by atoms with Crippen LogP contribution >= 0.6 is 0 Å². The predicted octanol–water partition coefficient (Wildman–Crippen LogP) is 6.54. The standard InChI is InChI=1S/C28H31FO3/c1-5-27(32-28-9-7-6-8-20(28)2)26(18-22-10-14-24(29)15-11-22)21(3)31-19-23-12-16-25(30-4)17-13-23/h5-17,21,26-27H,1,18-19H2,2-4H3/t21-,26-,27-/m0/s1. The molecule has 0 unspecified atom stereocenters. The van der Waals surface area contributed by atoms with Crippen molar-refractivity contribution in [2.75, 3.05) is 7.11 Å². The number of hydrogen-bond donors (Lipinski definition) is 0. The van der Waals surface area contributed by atoms with Gasteiger partial charge in [-0.15, -0.1) is 0 Å². The van der Waals surface area contributed by atoms with Gasteiger partial charge in [-0.25, -0.2) is 4.39 Å². The quantitative estimate of drug-likeness (QED) is 0.321. The molecule has 0 bridgehead atoms. The van der Waals surface area contributed by atoms with Crippen LogP contribution in [0.1, 0.15) is 23.6 Å². The fourth-order valence-corrected chi connectivity index (χ4v) is 3.66. The smallest absolute Gasteiger partial charge is 0.123 e. The Morgan fingerprint density at radius 1 is 0.938 bits per heavy atom. The number of rotatable bonds is 11. The first kappa shape index (κ1) is 23.6. The summed E-state index contributed by atoms with van der Waals surface area (Å²) in [5.74, 6) is 1.37. The third kappa shape index (κ3) is 6.44. The van der Waals surface area contributed by atoms with Crippen molar-refractivity contribution < 1.29 is 18.6 Å². The van der Waals surface area contributed by atoms with Gasteiger partial charge in [0.1, 0.15) is 23.4 Å². The number of ether oxygens (including phenoxy) is 3. The highest BCUT2D eigenvalue weighted by Gasteiger charge is 2.28. The Hall–Kier alpha value is -3.11. The second-order valence-corrected chi connectivity index (χ2v) is 7.94. The molecular weight excluding hydrogens is 403 g/mol. The van der Waals surface area contributed by atoms with Crippen LogP contribution in [-0.4, -0.2) is 19.3 Å². The maximum Gasteiger partial charge on any atom is 0.123 e. The summed E-state index contributed by atoms with van der Waals surface area (Å²) in [7, 11) is 1.65. The Morgan fingerprint density at radius 2 is 1.59 bits per heavy atom. The topological polar surface area (TPSA) is 27.7 Å². The van der Waals surface area contributed by atoms with Crippen molar-refractivity contribution in [1.29, 1.82) is 0 Å². The monoisotopic (exact) mass is 434 g/mol. The number of hydrogen-bond acceptors (Lipinski definition) is 3. The van der Waals surface area contributed by atoms with Crippen LogP contribution < -0.4 is 9.47 Å². The SMILES string of the molecule is C=C[C@H](Oc1ccccc1C)[C@@H](Cc1ccc(F)cc1)[C@H](C)OCc1ccc(OC)cc1. The molecule has 0 N–H and O–H groups in total. The molecule has 0 fully saturated rings. The molecule has 0 saturated carbocycles. The Kier molecular flexibility index (Phi) is 8.46. The molecule has 0 amide bonds. The van der Waals surface area contributed by atoms with Crippen molar-refractivity contribution in [3.8, 4) is 11.5 Å². The normalized spacial score (nSPS) is 13.8. The van der Waals surface area contributed by atoms with Gasteiger partial charge in [0, 0.05) is 5.92 Å². The summed E-state index contributed by atoms with van der Waals surface area (Å²) in [6.07, 6.45) is 2.10. The molecule has 168 valence electrons. The Morgan fingerprint density at radius 3 is 2.22 bits per heavy atom. The second-order valence-electron chi connectivity index (χ2n) is 7.94. The van der Waals surface area contributed by atoms with Gasteiger partial charge in [-0.2, -0.15) is 0 Å². The lowest BCUT2D eigenvalue weighted by Crippen LogP contribution is -2.36. The van der Waals surface area contributed by atoms with Crippen LogP contribution in [0.25, 0.3) is 0 Å². The van der Waals surface area contributed by atoms with E-state index in [9.17, 15) is 4.39 Å². The molecule has 32 heavy (non-hydrogen) atoms. The third-order valence-electron chi connectivity index (χ3n) is 5.67. The van der Waals surface area contributed by atoms with Crippen LogP contribution in [0.3, 0.4) is 0 Å². The zero-order valence-corrected chi connectivity index (χ0v) is 19.0. The van der Waals surface area contributed by atoms with Crippen LogP contribution in [0, 0.1) is 18.7 Å². The van der Waals surface area contributed by atoms with E-state index in [0.717, 1.165) is 28.2 Å². The van der Waals surface area contributed by atoms with Crippen molar-refractivity contribution in [2.24, 2.45) is 5.92 Å². The lowest BCUT2D eigenvalue weighted by Gasteiger charge is -2.31. The largest absolute Gasteiger partial charge is 0.497 e. The number of benzene rings is 3. The van der Waals surface area contributed by atoms with E-state index in [-0.39, 0.29) is 23.9 Å². The van der Waals surface area contributed by atoms with Gasteiger partial charge in [-0.05, 0) is 67.3 Å². The molecule has 3 rings (SSSR count). The molecule has 0 radical (unpaired) electrons. The molecule has 0 spiro atoms. The summed E-state index contributed by atoms with van der Waals surface area (Å²) >= 11 is 0. The summed E-state index contributed by atoms with van der Waals surface area (Å²) in [5, 5.41) is 0. The van der Waals surface area contributed by atoms with Gasteiger partial charge in [0.25, 0.3) is 0 Å². The Bertz CT molecular complexity index is 982. The summed E-state index contributed by atoms with van der Waals surface area (Å²) in [6.45, 7) is 8.57. The van der Waals surface area contributed by atoms with E-state index in [4.69, 9.17) is 14.2 Å². The average molecular weight is 435 g/mol. The van der Waals surface area contributed by atoms with Gasteiger partial charge < -0.3 is 14.2 Å². The summed E-state index contributed by atoms with van der Waals surface area (Å²) < 4.78 is 31.3. The zero-order valence-electron chi connectivity index (χ0n) is 19.0. The number of halogens is 1. The maximum absolute atomic E-state index is 13.4. The first-order chi connectivity index (χ1) is 15.5. The van der Waals surface area contributed by atoms with Gasteiger partial charge in [-0.3, -0.25) is 0 Å². The van der Waals surface area contributed by atoms with Crippen molar-refractivity contribution in [1.82, 2.24) is 0 Å². The highest BCUT2D eigenvalue weighted by atomic mass is 19.1. The third-order valence-corrected chi connectivity index (χ3v) is 5.67. The molecule has 0 aliphatic heterocycles. The van der Waals surface area contributed by atoms with Crippen molar-refractivity contribution in [2.45, 2.75) is 39.1 Å². The number of para-hydroxylation sites is 1. The van der Waals surface area contributed by atoms with Gasteiger partial charge >= 0.3 is 0 Å². The van der Waals surface area contributed by atoms with E-state index in [0.29, 0.717) is 13.0 Å². The first-order valence-electron chi connectivity index (χ1n) is 10.8. The van der Waals surface area contributed by atoms with E-state index in [1.54, 1.807) is 7.11 Å². The molecule has 3 nitrogen and oxygen atoms in total. The van der Waals surface area contributed by atoms with Crippen molar-refractivity contribution in [3.63, 3.8) is 0 Å². The molecule has 3 aromatic rings. The van der Waals surface area contributed by atoms with E-state index in [2.05, 4.69) is 13.5 Å². The van der Waals surface area contributed by atoms with Gasteiger partial charge in [-0.1, -0.05) is 55.1 Å². The van der Waals surface area contributed by atoms with E-state index >= 15 is 0 Å². The minimum absolute atomic E-state index is 0.0178. The second kappa shape index (κ2) is 11.5. The van der Waals surface area contributed by atoms with E-state index in [1.165, 1.54) is 12.1 Å². The molecule has 3 aromatic carbocycles. The van der Waals surface area contributed by atoms with Crippen LogP contribution in [0.4, 0.5) is 4.39 Å². The van der Waals surface area contributed by atoms with Crippen molar-refractivity contribution in [3.05, 3.63) is 108 Å². The highest BCUT2D eigenvalue weighted by molar-refractivity contribution is 5.32. The molecule has 0 heterocycles. The van der Waals surface area contributed by atoms with Crippen LogP contribution in [0.2, 0.25) is 0 Å². The molecule has 0 saturated heterocycles. The van der Waals surface area contributed by atoms with E-state index < -0.39 is 0 Å². The van der Waals surface area contributed by atoms with Crippen LogP contribution in [0.5, 0.6) is 11.5 Å².